The Morgan fingerprint density at radius 3 is 2.20 bits per heavy atom. The van der Waals surface area contributed by atoms with E-state index in [1.165, 1.54) is 12.7 Å². The molecule has 136 valence electrons. The number of carbonyl (C=O) groups excluding carboxylic acids is 2. The number of likely N-dealkylation sites (tertiary alicyclic amines) is 2. The largest absolute Gasteiger partial charge is 0.465 e. The molecule has 6 nitrogen and oxygen atoms in total. The highest BCUT2D eigenvalue weighted by Gasteiger charge is 2.53. The molecule has 2 saturated heterocycles. The van der Waals surface area contributed by atoms with E-state index in [0.29, 0.717) is 5.56 Å². The number of amides is 1. The van der Waals surface area contributed by atoms with Gasteiger partial charge in [-0.2, -0.15) is 0 Å². The average Bonchev–Trinajstić information content (AvgIpc) is 2.46. The van der Waals surface area contributed by atoms with Gasteiger partial charge in [-0.05, 0) is 38.5 Å². The first-order valence-electron chi connectivity index (χ1n) is 8.57. The number of hydrogen-bond donors (Lipinski definition) is 0. The Kier molecular flexibility index (Phi) is 4.49. The van der Waals surface area contributed by atoms with E-state index in [1.807, 2.05) is 32.9 Å². The molecule has 2 heterocycles. The molecule has 0 saturated carbocycles. The second kappa shape index (κ2) is 6.33. The van der Waals surface area contributed by atoms with Crippen LogP contribution in [0.15, 0.2) is 24.3 Å². The second-order valence-corrected chi connectivity index (χ2v) is 8.17. The third-order valence-corrected chi connectivity index (χ3v) is 4.60. The van der Waals surface area contributed by atoms with Crippen LogP contribution in [-0.4, -0.2) is 60.8 Å². The SMILES string of the molecule is COC(=O)c1ccc(CN2CC3(C2)CN(C(=O)OC(C)(C)C)C3)cc1. The van der Waals surface area contributed by atoms with Gasteiger partial charge in [0, 0.05) is 38.1 Å². The highest BCUT2D eigenvalue weighted by atomic mass is 16.6. The Morgan fingerprint density at radius 2 is 1.68 bits per heavy atom. The molecular formula is C19H26N2O4. The van der Waals surface area contributed by atoms with Gasteiger partial charge in [-0.3, -0.25) is 4.90 Å². The third-order valence-electron chi connectivity index (χ3n) is 4.60. The van der Waals surface area contributed by atoms with E-state index < -0.39 is 5.60 Å². The van der Waals surface area contributed by atoms with Crippen LogP contribution in [0.5, 0.6) is 0 Å². The summed E-state index contributed by atoms with van der Waals surface area (Å²) in [6.07, 6.45) is -0.213. The van der Waals surface area contributed by atoms with Gasteiger partial charge >= 0.3 is 12.1 Å². The minimum Gasteiger partial charge on any atom is -0.465 e. The fraction of sp³-hybridized carbons (Fsp3) is 0.579. The molecular weight excluding hydrogens is 320 g/mol. The van der Waals surface area contributed by atoms with Gasteiger partial charge in [-0.1, -0.05) is 12.1 Å². The lowest BCUT2D eigenvalue weighted by atomic mass is 9.73. The maximum Gasteiger partial charge on any atom is 0.410 e. The van der Waals surface area contributed by atoms with Crippen molar-refractivity contribution < 1.29 is 19.1 Å². The lowest BCUT2D eigenvalue weighted by molar-refractivity contribution is -0.115. The summed E-state index contributed by atoms with van der Waals surface area (Å²) >= 11 is 0. The first kappa shape index (κ1) is 17.7. The van der Waals surface area contributed by atoms with E-state index in [-0.39, 0.29) is 17.5 Å². The average molecular weight is 346 g/mol. The Balaban J connectivity index is 1.43. The number of ether oxygens (including phenoxy) is 2. The number of esters is 1. The summed E-state index contributed by atoms with van der Waals surface area (Å²) in [6, 6.07) is 7.52. The molecule has 6 heteroatoms. The Morgan fingerprint density at radius 1 is 1.08 bits per heavy atom. The molecule has 2 aliphatic heterocycles. The molecule has 2 aliphatic rings. The summed E-state index contributed by atoms with van der Waals surface area (Å²) in [5.74, 6) is -0.314. The van der Waals surface area contributed by atoms with Crippen LogP contribution >= 0.6 is 0 Å². The molecule has 1 amide bonds. The van der Waals surface area contributed by atoms with Crippen LogP contribution in [0.4, 0.5) is 4.79 Å². The van der Waals surface area contributed by atoms with Crippen molar-refractivity contribution >= 4 is 12.1 Å². The van der Waals surface area contributed by atoms with Gasteiger partial charge in [0.1, 0.15) is 5.60 Å². The van der Waals surface area contributed by atoms with E-state index in [2.05, 4.69) is 4.90 Å². The summed E-state index contributed by atoms with van der Waals surface area (Å²) in [6.45, 7) is 10.1. The fourth-order valence-electron chi connectivity index (χ4n) is 3.56. The molecule has 3 rings (SSSR count). The summed E-state index contributed by atoms with van der Waals surface area (Å²) < 4.78 is 10.1. The maximum atomic E-state index is 12.0. The fourth-order valence-corrected chi connectivity index (χ4v) is 3.56. The topological polar surface area (TPSA) is 59.1 Å². The first-order valence-corrected chi connectivity index (χ1v) is 8.57. The number of benzene rings is 1. The highest BCUT2D eigenvalue weighted by Crippen LogP contribution is 2.40. The van der Waals surface area contributed by atoms with Gasteiger partial charge < -0.3 is 14.4 Å². The Hall–Kier alpha value is -2.08. The highest BCUT2D eigenvalue weighted by molar-refractivity contribution is 5.89. The van der Waals surface area contributed by atoms with Crippen LogP contribution in [0, 0.1) is 5.41 Å². The van der Waals surface area contributed by atoms with Crippen LogP contribution in [0.1, 0.15) is 36.7 Å². The lowest BCUT2D eigenvalue weighted by Gasteiger charge is -2.60. The second-order valence-electron chi connectivity index (χ2n) is 8.17. The molecule has 1 aromatic rings. The van der Waals surface area contributed by atoms with Crippen LogP contribution in [0.25, 0.3) is 0 Å². The normalized spacial score (nSPS) is 19.1. The first-order chi connectivity index (χ1) is 11.7. The van der Waals surface area contributed by atoms with Gasteiger partial charge in [0.25, 0.3) is 0 Å². The van der Waals surface area contributed by atoms with Gasteiger partial charge in [0.15, 0.2) is 0 Å². The predicted octanol–water partition coefficient (Wildman–Crippen LogP) is 2.53. The van der Waals surface area contributed by atoms with E-state index in [0.717, 1.165) is 32.7 Å². The minimum atomic E-state index is -0.443. The van der Waals surface area contributed by atoms with Crippen molar-refractivity contribution in [2.45, 2.75) is 32.9 Å². The molecule has 0 radical (unpaired) electrons. The zero-order valence-electron chi connectivity index (χ0n) is 15.4. The Labute approximate surface area is 148 Å². The van der Waals surface area contributed by atoms with Crippen molar-refractivity contribution in [3.63, 3.8) is 0 Å². The van der Waals surface area contributed by atoms with Crippen molar-refractivity contribution in [2.24, 2.45) is 5.41 Å². The van der Waals surface area contributed by atoms with Crippen LogP contribution in [0.2, 0.25) is 0 Å². The van der Waals surface area contributed by atoms with E-state index >= 15 is 0 Å². The minimum absolute atomic E-state index is 0.213. The van der Waals surface area contributed by atoms with Crippen molar-refractivity contribution in [3.05, 3.63) is 35.4 Å². The standard InChI is InChI=1S/C19H26N2O4/c1-18(2,3)25-17(23)21-12-19(13-21)10-20(11-19)9-14-5-7-15(8-6-14)16(22)24-4/h5-8H,9-13H2,1-4H3. The number of carbonyl (C=O) groups is 2. The predicted molar refractivity (Wildman–Crippen MR) is 93.3 cm³/mol. The quantitative estimate of drug-likeness (QED) is 0.787. The summed E-state index contributed by atoms with van der Waals surface area (Å²) in [4.78, 5) is 27.6. The number of hydrogen-bond acceptors (Lipinski definition) is 5. The molecule has 0 bridgehead atoms. The number of methoxy groups -OCH3 is 1. The van der Waals surface area contributed by atoms with Gasteiger partial charge in [0.2, 0.25) is 0 Å². The van der Waals surface area contributed by atoms with Gasteiger partial charge in [-0.25, -0.2) is 9.59 Å². The zero-order valence-corrected chi connectivity index (χ0v) is 15.4. The van der Waals surface area contributed by atoms with Crippen molar-refractivity contribution in [1.29, 1.82) is 0 Å². The molecule has 0 aromatic heterocycles. The molecule has 0 N–H and O–H groups in total. The van der Waals surface area contributed by atoms with E-state index in [1.54, 1.807) is 17.0 Å². The van der Waals surface area contributed by atoms with Gasteiger partial charge in [0.05, 0.1) is 12.7 Å². The molecule has 1 aromatic carbocycles. The smallest absolute Gasteiger partial charge is 0.410 e. The van der Waals surface area contributed by atoms with Gasteiger partial charge in [-0.15, -0.1) is 0 Å². The van der Waals surface area contributed by atoms with Crippen molar-refractivity contribution in [2.75, 3.05) is 33.3 Å². The molecule has 2 fully saturated rings. The zero-order chi connectivity index (χ0) is 18.2. The van der Waals surface area contributed by atoms with Crippen LogP contribution < -0.4 is 0 Å². The molecule has 25 heavy (non-hydrogen) atoms. The van der Waals surface area contributed by atoms with Crippen molar-refractivity contribution in [3.8, 4) is 0 Å². The van der Waals surface area contributed by atoms with Crippen LogP contribution in [0.3, 0.4) is 0 Å². The molecule has 0 aliphatic carbocycles. The van der Waals surface area contributed by atoms with Crippen molar-refractivity contribution in [1.82, 2.24) is 9.80 Å². The van der Waals surface area contributed by atoms with Crippen LogP contribution in [-0.2, 0) is 16.0 Å². The Bertz CT molecular complexity index is 649. The molecule has 0 unspecified atom stereocenters. The number of rotatable bonds is 3. The third kappa shape index (κ3) is 3.95. The molecule has 1 spiro atoms. The summed E-state index contributed by atoms with van der Waals surface area (Å²) in [5, 5.41) is 0. The maximum absolute atomic E-state index is 12.0. The van der Waals surface area contributed by atoms with E-state index in [9.17, 15) is 9.59 Å². The summed E-state index contributed by atoms with van der Waals surface area (Å²) in [7, 11) is 1.38. The number of nitrogens with zero attached hydrogens (tertiary/aromatic N) is 2. The summed E-state index contributed by atoms with van der Waals surface area (Å²) in [5.41, 5.74) is 1.54. The van der Waals surface area contributed by atoms with E-state index in [4.69, 9.17) is 9.47 Å². The lowest BCUT2D eigenvalue weighted by Crippen LogP contribution is -2.72. The molecule has 0 atom stereocenters. The monoisotopic (exact) mass is 346 g/mol.